The zero-order chi connectivity index (χ0) is 27.1. The van der Waals surface area contributed by atoms with Crippen molar-refractivity contribution in [2.45, 2.75) is 39.2 Å². The van der Waals surface area contributed by atoms with E-state index < -0.39 is 6.04 Å². The van der Waals surface area contributed by atoms with Crippen molar-refractivity contribution in [1.82, 2.24) is 14.5 Å². The van der Waals surface area contributed by atoms with E-state index in [9.17, 15) is 9.59 Å². The molecular weight excluding hydrogens is 480 g/mol. The average Bonchev–Trinajstić information content (AvgIpc) is 2.95. The van der Waals surface area contributed by atoms with E-state index in [0.29, 0.717) is 52.6 Å². The van der Waals surface area contributed by atoms with Gasteiger partial charge in [0.25, 0.3) is 5.56 Å². The summed E-state index contributed by atoms with van der Waals surface area (Å²) < 4.78 is 12.4. The molecule has 0 aliphatic heterocycles. The van der Waals surface area contributed by atoms with Crippen LogP contribution in [0, 0.1) is 0 Å². The summed E-state index contributed by atoms with van der Waals surface area (Å²) in [6, 6.07) is 21.1. The van der Waals surface area contributed by atoms with Gasteiger partial charge in [-0.25, -0.2) is 9.78 Å². The van der Waals surface area contributed by atoms with Crippen molar-refractivity contribution in [2.24, 2.45) is 0 Å². The Morgan fingerprint density at radius 3 is 2.37 bits per heavy atom. The topological polar surface area (TPSA) is 85.7 Å². The van der Waals surface area contributed by atoms with E-state index in [0.717, 1.165) is 12.8 Å². The molecule has 0 spiro atoms. The van der Waals surface area contributed by atoms with Gasteiger partial charge in [-0.15, -0.1) is 0 Å². The molecule has 4 aromatic rings. The molecule has 0 bridgehead atoms. The lowest BCUT2D eigenvalue weighted by Gasteiger charge is -2.32. The lowest BCUT2D eigenvalue weighted by Crippen LogP contribution is -2.41. The van der Waals surface area contributed by atoms with Crippen LogP contribution in [0.2, 0.25) is 0 Å². The smallest absolute Gasteiger partial charge is 0.322 e. The van der Waals surface area contributed by atoms with E-state index in [1.54, 1.807) is 54.0 Å². The van der Waals surface area contributed by atoms with Crippen molar-refractivity contribution < 1.29 is 14.3 Å². The number of rotatable bonds is 10. The fourth-order valence-corrected chi connectivity index (χ4v) is 4.56. The highest BCUT2D eigenvalue weighted by Gasteiger charge is 2.29. The maximum absolute atomic E-state index is 13.9. The predicted molar refractivity (Wildman–Crippen MR) is 151 cm³/mol. The van der Waals surface area contributed by atoms with Gasteiger partial charge in [-0.3, -0.25) is 9.36 Å². The number of hydrogen-bond donors (Lipinski definition) is 1. The first-order valence-corrected chi connectivity index (χ1v) is 12.9. The summed E-state index contributed by atoms with van der Waals surface area (Å²) in [7, 11) is 3.18. The monoisotopic (exact) mass is 514 g/mol. The number of benzene rings is 3. The molecule has 0 fully saturated rings. The van der Waals surface area contributed by atoms with Gasteiger partial charge in [-0.1, -0.05) is 44.5 Å². The minimum Gasteiger partial charge on any atom is -0.497 e. The summed E-state index contributed by atoms with van der Waals surface area (Å²) in [5.74, 6) is 1.74. The number of carbonyl (C=O) groups excluding carboxylic acids is 1. The SMILES string of the molecule is CCCCN(C(=O)Nc1ccc(OC)cc1)C(CC)c1nc2ccccc2c(=O)n1-c1ccccc1OC. The molecular formula is C30H34N4O4. The summed E-state index contributed by atoms with van der Waals surface area (Å²) >= 11 is 0. The van der Waals surface area contributed by atoms with Crippen LogP contribution >= 0.6 is 0 Å². The van der Waals surface area contributed by atoms with E-state index in [1.807, 2.05) is 49.4 Å². The van der Waals surface area contributed by atoms with Crippen LogP contribution in [0.5, 0.6) is 11.5 Å². The molecule has 8 heteroatoms. The molecule has 0 aliphatic carbocycles. The molecule has 0 radical (unpaired) electrons. The second-order valence-electron chi connectivity index (χ2n) is 8.93. The first kappa shape index (κ1) is 26.7. The van der Waals surface area contributed by atoms with E-state index >= 15 is 0 Å². The molecule has 0 saturated heterocycles. The van der Waals surface area contributed by atoms with Crippen molar-refractivity contribution in [3.05, 3.63) is 89.0 Å². The summed E-state index contributed by atoms with van der Waals surface area (Å²) in [5, 5.41) is 3.51. The maximum atomic E-state index is 13.9. The first-order chi connectivity index (χ1) is 18.5. The zero-order valence-corrected chi connectivity index (χ0v) is 22.3. The summed E-state index contributed by atoms with van der Waals surface area (Å²) in [5.41, 5.74) is 1.61. The van der Waals surface area contributed by atoms with Crippen molar-refractivity contribution in [3.8, 4) is 17.2 Å². The van der Waals surface area contributed by atoms with Crippen LogP contribution in [-0.2, 0) is 0 Å². The normalized spacial score (nSPS) is 11.7. The number of aromatic nitrogens is 2. The third kappa shape index (κ3) is 5.49. The number of methoxy groups -OCH3 is 2. The third-order valence-corrected chi connectivity index (χ3v) is 6.54. The Bertz CT molecular complexity index is 1450. The van der Waals surface area contributed by atoms with Gasteiger partial charge in [0.1, 0.15) is 17.3 Å². The zero-order valence-electron chi connectivity index (χ0n) is 22.3. The fourth-order valence-electron chi connectivity index (χ4n) is 4.56. The quantitative estimate of drug-likeness (QED) is 0.273. The third-order valence-electron chi connectivity index (χ3n) is 6.54. The number of amides is 2. The van der Waals surface area contributed by atoms with Crippen LogP contribution in [0.3, 0.4) is 0 Å². The molecule has 1 atom stereocenters. The van der Waals surface area contributed by atoms with Gasteiger partial charge in [-0.2, -0.15) is 0 Å². The molecule has 1 unspecified atom stereocenters. The lowest BCUT2D eigenvalue weighted by atomic mass is 10.1. The minimum atomic E-state index is -0.470. The van der Waals surface area contributed by atoms with Gasteiger partial charge < -0.3 is 19.7 Å². The van der Waals surface area contributed by atoms with E-state index in [-0.39, 0.29) is 11.6 Å². The number of anilines is 1. The first-order valence-electron chi connectivity index (χ1n) is 12.9. The number of fused-ring (bicyclic) bond motifs is 1. The van der Waals surface area contributed by atoms with Gasteiger partial charge in [0.15, 0.2) is 0 Å². The Balaban J connectivity index is 1.86. The van der Waals surface area contributed by atoms with Crippen molar-refractivity contribution in [1.29, 1.82) is 0 Å². The van der Waals surface area contributed by atoms with Crippen molar-refractivity contribution in [2.75, 3.05) is 26.1 Å². The summed E-state index contributed by atoms with van der Waals surface area (Å²) in [6.07, 6.45) is 2.27. The Morgan fingerprint density at radius 2 is 1.68 bits per heavy atom. The highest BCUT2D eigenvalue weighted by Crippen LogP contribution is 2.30. The van der Waals surface area contributed by atoms with Crippen LogP contribution < -0.4 is 20.3 Å². The van der Waals surface area contributed by atoms with Crippen molar-refractivity contribution in [3.63, 3.8) is 0 Å². The number of ether oxygens (including phenoxy) is 2. The molecule has 1 aromatic heterocycles. The molecule has 3 aromatic carbocycles. The number of hydrogen-bond acceptors (Lipinski definition) is 5. The van der Waals surface area contributed by atoms with Gasteiger partial charge in [0, 0.05) is 12.2 Å². The van der Waals surface area contributed by atoms with Crippen LogP contribution in [0.15, 0.2) is 77.6 Å². The number of para-hydroxylation sites is 3. The number of nitrogens with zero attached hydrogens (tertiary/aromatic N) is 3. The number of unbranched alkanes of at least 4 members (excludes halogenated alkanes) is 1. The fraction of sp³-hybridized carbons (Fsp3) is 0.300. The second kappa shape index (κ2) is 12.3. The molecule has 2 amide bonds. The van der Waals surface area contributed by atoms with E-state index in [1.165, 1.54) is 0 Å². The second-order valence-corrected chi connectivity index (χ2v) is 8.93. The Kier molecular flexibility index (Phi) is 8.63. The molecule has 4 rings (SSSR count). The standard InChI is InChI=1S/C30H34N4O4/c1-5-7-20-33(30(36)31-21-16-18-22(37-3)19-17-21)25(6-2)28-32-24-13-9-8-12-23(24)29(35)34(28)26-14-10-11-15-27(26)38-4/h8-19,25H,5-7,20H2,1-4H3,(H,31,36). The van der Waals surface area contributed by atoms with Crippen molar-refractivity contribution >= 4 is 22.6 Å². The largest absolute Gasteiger partial charge is 0.497 e. The van der Waals surface area contributed by atoms with Gasteiger partial charge >= 0.3 is 6.03 Å². The Morgan fingerprint density at radius 1 is 0.974 bits per heavy atom. The Hall–Kier alpha value is -4.33. The lowest BCUT2D eigenvalue weighted by molar-refractivity contribution is 0.180. The average molecular weight is 515 g/mol. The summed E-state index contributed by atoms with van der Waals surface area (Å²) in [6.45, 7) is 4.59. The molecule has 1 heterocycles. The van der Waals surface area contributed by atoms with E-state index in [4.69, 9.17) is 14.5 Å². The maximum Gasteiger partial charge on any atom is 0.322 e. The number of urea groups is 1. The summed E-state index contributed by atoms with van der Waals surface area (Å²) in [4.78, 5) is 34.4. The van der Waals surface area contributed by atoms with Crippen LogP contribution in [0.4, 0.5) is 10.5 Å². The van der Waals surface area contributed by atoms with Crippen LogP contribution in [0.25, 0.3) is 16.6 Å². The highest BCUT2D eigenvalue weighted by atomic mass is 16.5. The molecule has 0 saturated carbocycles. The van der Waals surface area contributed by atoms with Gasteiger partial charge in [-0.05, 0) is 61.4 Å². The van der Waals surface area contributed by atoms with Gasteiger partial charge in [0.05, 0.1) is 36.9 Å². The highest BCUT2D eigenvalue weighted by molar-refractivity contribution is 5.89. The number of carbonyl (C=O) groups is 1. The van der Waals surface area contributed by atoms with Crippen LogP contribution in [0.1, 0.15) is 45.0 Å². The van der Waals surface area contributed by atoms with E-state index in [2.05, 4.69) is 12.2 Å². The minimum absolute atomic E-state index is 0.209. The van der Waals surface area contributed by atoms with Gasteiger partial charge in [0.2, 0.25) is 0 Å². The molecule has 1 N–H and O–H groups in total. The number of nitrogens with one attached hydrogen (secondary N) is 1. The molecule has 38 heavy (non-hydrogen) atoms. The van der Waals surface area contributed by atoms with Crippen LogP contribution in [-0.4, -0.2) is 41.2 Å². The molecule has 8 nitrogen and oxygen atoms in total. The molecule has 0 aliphatic rings. The predicted octanol–water partition coefficient (Wildman–Crippen LogP) is 6.19. The Labute approximate surface area is 222 Å². The molecule has 198 valence electrons.